The van der Waals surface area contributed by atoms with E-state index in [1.807, 2.05) is 24.3 Å². The highest BCUT2D eigenvalue weighted by atomic mass is 35.5. The Balaban J connectivity index is 1.78. The third-order valence-electron chi connectivity index (χ3n) is 3.62. The Morgan fingerprint density at radius 3 is 2.00 bits per heavy atom. The van der Waals surface area contributed by atoms with E-state index in [0.717, 1.165) is 0 Å². The number of rotatable bonds is 5. The molecular weight excluding hydrogens is 280 g/mol. The molecule has 1 nitrogen and oxygen atoms in total. The zero-order valence-electron chi connectivity index (χ0n) is 11.8. The van der Waals surface area contributed by atoms with E-state index in [1.165, 1.54) is 27.5 Å². The van der Waals surface area contributed by atoms with Crippen molar-refractivity contribution in [1.82, 2.24) is 0 Å². The average molecular weight is 297 g/mol. The number of alkyl halides is 1. The molecule has 21 heavy (non-hydrogen) atoms. The van der Waals surface area contributed by atoms with E-state index in [9.17, 15) is 0 Å². The lowest BCUT2D eigenvalue weighted by atomic mass is 10.0. The number of halogens is 1. The van der Waals surface area contributed by atoms with Gasteiger partial charge in [0.25, 0.3) is 0 Å². The largest absolute Gasteiger partial charge is 0.372 e. The molecule has 0 radical (unpaired) electrons. The molecule has 2 heteroatoms. The maximum atomic E-state index is 6.01. The summed E-state index contributed by atoms with van der Waals surface area (Å²) in [6, 6.07) is 22.8. The topological polar surface area (TPSA) is 9.23 Å². The van der Waals surface area contributed by atoms with Gasteiger partial charge in [-0.15, -0.1) is 11.6 Å². The van der Waals surface area contributed by atoms with E-state index in [-0.39, 0.29) is 0 Å². The van der Waals surface area contributed by atoms with Crippen molar-refractivity contribution in [3.8, 4) is 0 Å². The van der Waals surface area contributed by atoms with Crippen LogP contribution in [-0.2, 0) is 23.8 Å². The second-order valence-corrected chi connectivity index (χ2v) is 5.31. The molecule has 3 aromatic rings. The Morgan fingerprint density at radius 1 is 0.667 bits per heavy atom. The van der Waals surface area contributed by atoms with Gasteiger partial charge in [0, 0.05) is 5.88 Å². The molecule has 0 unspecified atom stereocenters. The Labute approximate surface area is 130 Å². The number of ether oxygens (including phenoxy) is 1. The summed E-state index contributed by atoms with van der Waals surface area (Å²) in [6.07, 6.45) is 0. The van der Waals surface area contributed by atoms with E-state index in [4.69, 9.17) is 16.3 Å². The summed E-state index contributed by atoms with van der Waals surface area (Å²) >= 11 is 6.01. The first-order chi connectivity index (χ1) is 10.4. The van der Waals surface area contributed by atoms with Gasteiger partial charge in [-0.2, -0.15) is 0 Å². The normalized spacial score (nSPS) is 10.9. The fourth-order valence-electron chi connectivity index (χ4n) is 2.52. The minimum Gasteiger partial charge on any atom is -0.372 e. The fraction of sp³-hybridized carbons (Fsp3) is 0.158. The van der Waals surface area contributed by atoms with Crippen molar-refractivity contribution in [1.29, 1.82) is 0 Å². The molecule has 0 spiro atoms. The van der Waals surface area contributed by atoms with Crippen molar-refractivity contribution in [2.75, 3.05) is 0 Å². The minimum atomic E-state index is 0.533. The van der Waals surface area contributed by atoms with Crippen LogP contribution in [0.25, 0.3) is 10.8 Å². The molecule has 0 aliphatic rings. The molecule has 0 saturated carbocycles. The molecular formula is C19H17ClO. The Hall–Kier alpha value is -1.83. The first kappa shape index (κ1) is 14.1. The van der Waals surface area contributed by atoms with Crippen LogP contribution in [0.2, 0.25) is 0 Å². The highest BCUT2D eigenvalue weighted by Gasteiger charge is 2.05. The van der Waals surface area contributed by atoms with Gasteiger partial charge in [-0.3, -0.25) is 0 Å². The van der Waals surface area contributed by atoms with Crippen molar-refractivity contribution in [2.45, 2.75) is 19.1 Å². The summed E-state index contributed by atoms with van der Waals surface area (Å²) in [7, 11) is 0. The van der Waals surface area contributed by atoms with Crippen LogP contribution in [0.15, 0.2) is 66.7 Å². The lowest BCUT2D eigenvalue weighted by molar-refractivity contribution is 0.108. The van der Waals surface area contributed by atoms with Gasteiger partial charge in [-0.05, 0) is 27.5 Å². The Morgan fingerprint density at radius 2 is 1.29 bits per heavy atom. The summed E-state index contributed by atoms with van der Waals surface area (Å²) < 4.78 is 5.85. The quantitative estimate of drug-likeness (QED) is 0.581. The van der Waals surface area contributed by atoms with Crippen LogP contribution in [0.5, 0.6) is 0 Å². The smallest absolute Gasteiger partial charge is 0.0727 e. The van der Waals surface area contributed by atoms with Crippen LogP contribution in [0.4, 0.5) is 0 Å². The van der Waals surface area contributed by atoms with E-state index < -0.39 is 0 Å². The van der Waals surface area contributed by atoms with Crippen molar-refractivity contribution in [3.05, 3.63) is 83.4 Å². The first-order valence-corrected chi connectivity index (χ1v) is 7.59. The number of benzene rings is 3. The molecule has 106 valence electrons. The summed E-state index contributed by atoms with van der Waals surface area (Å²) in [4.78, 5) is 0. The summed E-state index contributed by atoms with van der Waals surface area (Å²) in [6.45, 7) is 1.24. The van der Waals surface area contributed by atoms with Crippen LogP contribution in [0, 0.1) is 0 Å². The molecule has 0 aliphatic heterocycles. The standard InChI is InChI=1S/C19H17ClO/c20-12-16-10-11-17(19-9-5-4-8-18(16)19)14-21-13-15-6-2-1-3-7-15/h1-11H,12-14H2. The average Bonchev–Trinajstić information content (AvgIpc) is 2.56. The number of fused-ring (bicyclic) bond motifs is 1. The van der Waals surface area contributed by atoms with Gasteiger partial charge in [0.15, 0.2) is 0 Å². The highest BCUT2D eigenvalue weighted by Crippen LogP contribution is 2.24. The molecule has 0 saturated heterocycles. The van der Waals surface area contributed by atoms with Gasteiger partial charge in [0.05, 0.1) is 13.2 Å². The summed E-state index contributed by atoms with van der Waals surface area (Å²) in [5, 5.41) is 2.44. The van der Waals surface area contributed by atoms with Gasteiger partial charge >= 0.3 is 0 Å². The zero-order chi connectivity index (χ0) is 14.5. The SMILES string of the molecule is ClCc1ccc(COCc2ccccc2)c2ccccc12. The van der Waals surface area contributed by atoms with E-state index in [1.54, 1.807) is 0 Å². The molecule has 0 N–H and O–H groups in total. The molecule has 0 amide bonds. The van der Waals surface area contributed by atoms with Crippen LogP contribution < -0.4 is 0 Å². The van der Waals surface area contributed by atoms with Gasteiger partial charge in [0.1, 0.15) is 0 Å². The molecule has 0 aromatic heterocycles. The molecule has 3 rings (SSSR count). The van der Waals surface area contributed by atoms with E-state index in [2.05, 4.69) is 42.5 Å². The van der Waals surface area contributed by atoms with E-state index in [0.29, 0.717) is 19.1 Å². The molecule has 0 aliphatic carbocycles. The minimum absolute atomic E-state index is 0.533. The van der Waals surface area contributed by atoms with E-state index >= 15 is 0 Å². The van der Waals surface area contributed by atoms with Gasteiger partial charge < -0.3 is 4.74 Å². The molecule has 0 bridgehead atoms. The maximum absolute atomic E-state index is 6.01. The van der Waals surface area contributed by atoms with Crippen molar-refractivity contribution < 1.29 is 4.74 Å². The lowest BCUT2D eigenvalue weighted by Crippen LogP contribution is -1.96. The number of hydrogen-bond acceptors (Lipinski definition) is 1. The third-order valence-corrected chi connectivity index (χ3v) is 3.91. The fourth-order valence-corrected chi connectivity index (χ4v) is 2.75. The lowest BCUT2D eigenvalue weighted by Gasteiger charge is -2.10. The Bertz CT molecular complexity index is 722. The molecule has 0 fully saturated rings. The van der Waals surface area contributed by atoms with Crippen LogP contribution in [-0.4, -0.2) is 0 Å². The second-order valence-electron chi connectivity index (χ2n) is 5.04. The van der Waals surface area contributed by atoms with Crippen LogP contribution in [0.1, 0.15) is 16.7 Å². The molecule has 3 aromatic carbocycles. The monoisotopic (exact) mass is 296 g/mol. The highest BCUT2D eigenvalue weighted by molar-refractivity contribution is 6.18. The van der Waals surface area contributed by atoms with Crippen LogP contribution in [0.3, 0.4) is 0 Å². The second kappa shape index (κ2) is 6.75. The predicted octanol–water partition coefficient (Wildman–Crippen LogP) is 5.30. The Kier molecular flexibility index (Phi) is 4.54. The maximum Gasteiger partial charge on any atom is 0.0727 e. The zero-order valence-corrected chi connectivity index (χ0v) is 12.5. The van der Waals surface area contributed by atoms with Gasteiger partial charge in [-0.1, -0.05) is 66.7 Å². The summed E-state index contributed by atoms with van der Waals surface area (Å²) in [5.41, 5.74) is 3.56. The molecule has 0 heterocycles. The third kappa shape index (κ3) is 3.26. The van der Waals surface area contributed by atoms with Crippen molar-refractivity contribution in [2.24, 2.45) is 0 Å². The molecule has 0 atom stereocenters. The van der Waals surface area contributed by atoms with Gasteiger partial charge in [0.2, 0.25) is 0 Å². The van der Waals surface area contributed by atoms with Crippen LogP contribution >= 0.6 is 11.6 Å². The summed E-state index contributed by atoms with van der Waals surface area (Å²) in [5.74, 6) is 0.533. The number of hydrogen-bond donors (Lipinski definition) is 0. The van der Waals surface area contributed by atoms with Gasteiger partial charge in [-0.25, -0.2) is 0 Å². The van der Waals surface area contributed by atoms with Crippen molar-refractivity contribution >= 4 is 22.4 Å². The van der Waals surface area contributed by atoms with Crippen molar-refractivity contribution in [3.63, 3.8) is 0 Å². The predicted molar refractivity (Wildman–Crippen MR) is 88.4 cm³/mol. The first-order valence-electron chi connectivity index (χ1n) is 7.05.